The molecule has 33 heavy (non-hydrogen) atoms. The van der Waals surface area contributed by atoms with Crippen LogP contribution >= 0.6 is 11.6 Å². The van der Waals surface area contributed by atoms with Crippen molar-refractivity contribution in [1.29, 1.82) is 0 Å². The van der Waals surface area contributed by atoms with E-state index < -0.39 is 41.2 Å². The highest BCUT2D eigenvalue weighted by atomic mass is 35.5. The Morgan fingerprint density at radius 3 is 2.48 bits per heavy atom. The molecule has 0 aliphatic rings. The fourth-order valence-corrected chi connectivity index (χ4v) is 3.22. The number of aromatic carboxylic acids is 1. The minimum absolute atomic E-state index is 0.00937. The third kappa shape index (κ3) is 5.53. The van der Waals surface area contributed by atoms with E-state index in [9.17, 15) is 27.6 Å². The number of H-pyrrole nitrogens is 1. The average molecular weight is 481 g/mol. The van der Waals surface area contributed by atoms with Gasteiger partial charge in [0.15, 0.2) is 5.43 Å². The van der Waals surface area contributed by atoms with Crippen molar-refractivity contribution in [3.63, 3.8) is 0 Å². The van der Waals surface area contributed by atoms with Gasteiger partial charge in [-0.2, -0.15) is 8.78 Å². The Bertz CT molecular complexity index is 1280. The van der Waals surface area contributed by atoms with Crippen LogP contribution in [0, 0.1) is 5.82 Å². The number of halogens is 4. The van der Waals surface area contributed by atoms with Crippen molar-refractivity contribution >= 4 is 29.2 Å². The third-order valence-electron chi connectivity index (χ3n) is 4.72. The molecule has 3 rings (SSSR count). The van der Waals surface area contributed by atoms with E-state index in [4.69, 9.17) is 16.7 Å². The highest BCUT2D eigenvalue weighted by molar-refractivity contribution is 6.31. The van der Waals surface area contributed by atoms with Gasteiger partial charge in [0.05, 0.1) is 17.2 Å². The molecule has 1 atom stereocenters. The van der Waals surface area contributed by atoms with E-state index in [1.165, 1.54) is 37.4 Å². The van der Waals surface area contributed by atoms with E-state index in [2.05, 4.69) is 15.0 Å². The predicted molar refractivity (Wildman–Crippen MR) is 115 cm³/mol. The number of aromatic nitrogens is 1. The molecule has 1 unspecified atom stereocenters. The van der Waals surface area contributed by atoms with Crippen molar-refractivity contribution in [2.45, 2.75) is 19.5 Å². The molecule has 0 saturated heterocycles. The van der Waals surface area contributed by atoms with E-state index in [0.717, 1.165) is 18.2 Å². The lowest BCUT2D eigenvalue weighted by atomic mass is 10.00. The van der Waals surface area contributed by atoms with Crippen LogP contribution < -0.4 is 15.5 Å². The van der Waals surface area contributed by atoms with Crippen molar-refractivity contribution < 1.29 is 32.6 Å². The molecule has 1 amide bonds. The molecule has 7 nitrogen and oxygen atoms in total. The number of benzene rings is 2. The zero-order valence-corrected chi connectivity index (χ0v) is 17.6. The summed E-state index contributed by atoms with van der Waals surface area (Å²) in [5.74, 6) is -4.32. The normalized spacial score (nSPS) is 11.8. The summed E-state index contributed by atoms with van der Waals surface area (Å²) in [5.41, 5.74) is -0.795. The van der Waals surface area contributed by atoms with Crippen LogP contribution in [0.4, 0.5) is 18.9 Å². The number of carboxylic acid groups (broad SMARTS) is 1. The second-order valence-electron chi connectivity index (χ2n) is 6.90. The first-order valence-corrected chi connectivity index (χ1v) is 9.75. The van der Waals surface area contributed by atoms with Gasteiger partial charge in [0.25, 0.3) is 0 Å². The summed E-state index contributed by atoms with van der Waals surface area (Å²) < 4.78 is 43.7. The van der Waals surface area contributed by atoms with Gasteiger partial charge in [0.2, 0.25) is 5.91 Å². The lowest BCUT2D eigenvalue weighted by Gasteiger charge is -2.14. The predicted octanol–water partition coefficient (Wildman–Crippen LogP) is 4.88. The molecule has 3 N–H and O–H groups in total. The first-order valence-electron chi connectivity index (χ1n) is 9.38. The molecule has 0 fully saturated rings. The summed E-state index contributed by atoms with van der Waals surface area (Å²) in [5, 5.41) is 11.5. The third-order valence-corrected chi connectivity index (χ3v) is 4.95. The van der Waals surface area contributed by atoms with Crippen molar-refractivity contribution in [1.82, 2.24) is 4.98 Å². The molecule has 2 aromatic carbocycles. The fraction of sp³-hybridized carbons (Fsp3) is 0.136. The number of carbonyl (C=O) groups excluding carboxylic acids is 1. The van der Waals surface area contributed by atoms with Gasteiger partial charge in [0, 0.05) is 34.1 Å². The number of carboxylic acids is 1. The van der Waals surface area contributed by atoms with Gasteiger partial charge in [-0.15, -0.1) is 0 Å². The molecule has 0 aliphatic heterocycles. The van der Waals surface area contributed by atoms with Crippen LogP contribution in [0.3, 0.4) is 0 Å². The van der Waals surface area contributed by atoms with Gasteiger partial charge < -0.3 is 20.1 Å². The van der Waals surface area contributed by atoms with Crippen LogP contribution in [0.25, 0.3) is 11.3 Å². The quantitative estimate of drug-likeness (QED) is 0.447. The maximum absolute atomic E-state index is 13.8. The summed E-state index contributed by atoms with van der Waals surface area (Å²) in [6.45, 7) is -1.65. The number of rotatable bonds is 7. The Balaban J connectivity index is 1.85. The Morgan fingerprint density at radius 1 is 1.15 bits per heavy atom. The summed E-state index contributed by atoms with van der Waals surface area (Å²) in [6, 6.07) is 8.12. The molecule has 0 radical (unpaired) electrons. The molecule has 3 aromatic rings. The fourth-order valence-electron chi connectivity index (χ4n) is 3.05. The van der Waals surface area contributed by atoms with Crippen molar-refractivity contribution in [3.8, 4) is 17.0 Å². The zero-order valence-electron chi connectivity index (χ0n) is 16.9. The number of hydrogen-bond acceptors (Lipinski definition) is 4. The van der Waals surface area contributed by atoms with Crippen molar-refractivity contribution in [2.75, 3.05) is 5.32 Å². The van der Waals surface area contributed by atoms with Gasteiger partial charge in [-0.25, -0.2) is 9.18 Å². The number of amides is 1. The average Bonchev–Trinajstić information content (AvgIpc) is 2.74. The number of alkyl halides is 2. The minimum Gasteiger partial charge on any atom is -0.478 e. The number of carbonyl (C=O) groups is 2. The summed E-state index contributed by atoms with van der Waals surface area (Å²) in [7, 11) is 0. The maximum atomic E-state index is 13.8. The zero-order chi connectivity index (χ0) is 24.3. The largest absolute Gasteiger partial charge is 0.478 e. The number of hydrogen-bond donors (Lipinski definition) is 3. The van der Waals surface area contributed by atoms with Crippen molar-refractivity contribution in [3.05, 3.63) is 80.9 Å². The van der Waals surface area contributed by atoms with Crippen LogP contribution in [-0.2, 0) is 4.79 Å². The SMILES string of the molecule is CC(C(=O)Nc1ccc(C(=O)O)c(F)c1)c1c[nH]c(-c2cc(Cl)ccc2OC(F)F)cc1=O. The second-order valence-corrected chi connectivity index (χ2v) is 7.33. The van der Waals surface area contributed by atoms with Gasteiger partial charge in [0.1, 0.15) is 11.6 Å². The Hall–Kier alpha value is -3.79. The summed E-state index contributed by atoms with van der Waals surface area (Å²) >= 11 is 5.93. The summed E-state index contributed by atoms with van der Waals surface area (Å²) in [6.07, 6.45) is 1.25. The Morgan fingerprint density at radius 2 is 1.88 bits per heavy atom. The van der Waals surface area contributed by atoms with E-state index in [0.29, 0.717) is 0 Å². The molecule has 0 bridgehead atoms. The lowest BCUT2D eigenvalue weighted by molar-refractivity contribution is -0.117. The molecule has 1 aromatic heterocycles. The minimum atomic E-state index is -3.09. The monoisotopic (exact) mass is 480 g/mol. The van der Waals surface area contributed by atoms with Crippen molar-refractivity contribution in [2.24, 2.45) is 0 Å². The highest BCUT2D eigenvalue weighted by Crippen LogP contribution is 2.32. The summed E-state index contributed by atoms with van der Waals surface area (Å²) in [4.78, 5) is 38.9. The van der Waals surface area contributed by atoms with E-state index >= 15 is 0 Å². The first-order chi connectivity index (χ1) is 15.6. The van der Waals surface area contributed by atoms with Crippen LogP contribution in [0.1, 0.15) is 28.8 Å². The lowest BCUT2D eigenvalue weighted by Crippen LogP contribution is -2.24. The molecular formula is C22H16ClF3N2O5. The van der Waals surface area contributed by atoms with Gasteiger partial charge >= 0.3 is 12.6 Å². The molecule has 0 spiro atoms. The van der Waals surface area contributed by atoms with Gasteiger partial charge in [-0.1, -0.05) is 11.6 Å². The highest BCUT2D eigenvalue weighted by Gasteiger charge is 2.21. The second kappa shape index (κ2) is 9.78. The molecule has 11 heteroatoms. The molecule has 172 valence electrons. The Labute approximate surface area is 189 Å². The first kappa shape index (κ1) is 23.9. The molecule has 0 saturated carbocycles. The molecule has 1 heterocycles. The van der Waals surface area contributed by atoms with Crippen LogP contribution in [-0.4, -0.2) is 28.6 Å². The standard InChI is InChI=1S/C22H16ClF3N2O5/c1-10(20(30)28-12-3-4-13(21(31)32)16(24)7-12)15-9-27-17(8-18(15)29)14-6-11(23)2-5-19(14)33-22(25)26/h2-10,22H,1H3,(H,27,29)(H,28,30)(H,31,32). The number of pyridine rings is 1. The Kier molecular flexibility index (Phi) is 7.07. The molecular weight excluding hydrogens is 465 g/mol. The van der Waals surface area contributed by atoms with Gasteiger partial charge in [-0.05, 0) is 43.3 Å². The van der Waals surface area contributed by atoms with Crippen LogP contribution in [0.5, 0.6) is 5.75 Å². The van der Waals surface area contributed by atoms with E-state index in [1.54, 1.807) is 0 Å². The molecule has 0 aliphatic carbocycles. The number of anilines is 1. The van der Waals surface area contributed by atoms with Crippen LogP contribution in [0.15, 0.2) is 53.5 Å². The smallest absolute Gasteiger partial charge is 0.387 e. The number of ether oxygens (including phenoxy) is 1. The number of nitrogens with one attached hydrogen (secondary N) is 2. The maximum Gasteiger partial charge on any atom is 0.387 e. The van der Waals surface area contributed by atoms with E-state index in [-0.39, 0.29) is 33.3 Å². The number of aromatic amines is 1. The van der Waals surface area contributed by atoms with Crippen LogP contribution in [0.2, 0.25) is 5.02 Å². The topological polar surface area (TPSA) is 108 Å². The van der Waals surface area contributed by atoms with E-state index in [1.807, 2.05) is 0 Å². The van der Waals surface area contributed by atoms with Gasteiger partial charge in [-0.3, -0.25) is 9.59 Å².